The third kappa shape index (κ3) is 3.34. The molecule has 2 rings (SSSR count). The number of phenols is 1. The SMILES string of the molecule is NS(=O)(=O)c1ccc(NC(=O)c2cccc(O)c2)cc1. The summed E-state index contributed by atoms with van der Waals surface area (Å²) in [6.45, 7) is 0. The molecule has 0 aromatic heterocycles. The van der Waals surface area contributed by atoms with Crippen molar-refractivity contribution in [2.24, 2.45) is 5.14 Å². The molecule has 1 amide bonds. The molecule has 0 fully saturated rings. The number of hydrogen-bond donors (Lipinski definition) is 3. The molecule has 7 heteroatoms. The van der Waals surface area contributed by atoms with Gasteiger partial charge < -0.3 is 10.4 Å². The van der Waals surface area contributed by atoms with Crippen LogP contribution in [0.15, 0.2) is 53.4 Å². The molecule has 0 radical (unpaired) electrons. The van der Waals surface area contributed by atoms with E-state index in [0.717, 1.165) is 0 Å². The number of rotatable bonds is 3. The zero-order chi connectivity index (χ0) is 14.8. The van der Waals surface area contributed by atoms with Crippen molar-refractivity contribution in [3.05, 3.63) is 54.1 Å². The van der Waals surface area contributed by atoms with Crippen molar-refractivity contribution in [2.75, 3.05) is 5.32 Å². The fourth-order valence-corrected chi connectivity index (χ4v) is 2.09. The molecular formula is C13H12N2O4S. The lowest BCUT2D eigenvalue weighted by atomic mass is 10.2. The second-order valence-electron chi connectivity index (χ2n) is 4.07. The molecule has 4 N–H and O–H groups in total. The van der Waals surface area contributed by atoms with E-state index in [-0.39, 0.29) is 10.6 Å². The van der Waals surface area contributed by atoms with Gasteiger partial charge in [-0.2, -0.15) is 0 Å². The quantitative estimate of drug-likeness (QED) is 0.791. The normalized spacial score (nSPS) is 11.1. The Morgan fingerprint density at radius 2 is 1.75 bits per heavy atom. The highest BCUT2D eigenvalue weighted by molar-refractivity contribution is 7.89. The van der Waals surface area contributed by atoms with Gasteiger partial charge in [-0.15, -0.1) is 0 Å². The summed E-state index contributed by atoms with van der Waals surface area (Å²) in [5, 5.41) is 16.8. The molecule has 0 aliphatic carbocycles. The fourth-order valence-electron chi connectivity index (χ4n) is 1.58. The van der Waals surface area contributed by atoms with E-state index >= 15 is 0 Å². The van der Waals surface area contributed by atoms with E-state index in [9.17, 15) is 18.3 Å². The molecule has 6 nitrogen and oxygen atoms in total. The molecule has 0 unspecified atom stereocenters. The first-order valence-electron chi connectivity index (χ1n) is 5.59. The first kappa shape index (κ1) is 14.0. The van der Waals surface area contributed by atoms with E-state index in [4.69, 9.17) is 5.14 Å². The van der Waals surface area contributed by atoms with Crippen LogP contribution in [0, 0.1) is 0 Å². The molecule has 2 aromatic rings. The lowest BCUT2D eigenvalue weighted by Crippen LogP contribution is -2.13. The Kier molecular flexibility index (Phi) is 3.73. The second-order valence-corrected chi connectivity index (χ2v) is 5.64. The van der Waals surface area contributed by atoms with Crippen LogP contribution in [0.2, 0.25) is 0 Å². The summed E-state index contributed by atoms with van der Waals surface area (Å²) in [5.74, 6) is -0.425. The summed E-state index contributed by atoms with van der Waals surface area (Å²) in [5.41, 5.74) is 0.714. The number of hydrogen-bond acceptors (Lipinski definition) is 4. The van der Waals surface area contributed by atoms with Crippen molar-refractivity contribution in [3.63, 3.8) is 0 Å². The van der Waals surface area contributed by atoms with Crippen LogP contribution in [0.4, 0.5) is 5.69 Å². The summed E-state index contributed by atoms with van der Waals surface area (Å²) >= 11 is 0. The molecule has 0 saturated carbocycles. The minimum Gasteiger partial charge on any atom is -0.508 e. The molecule has 0 atom stereocenters. The predicted molar refractivity (Wildman–Crippen MR) is 73.9 cm³/mol. The monoisotopic (exact) mass is 292 g/mol. The van der Waals surface area contributed by atoms with Crippen LogP contribution in [-0.2, 0) is 10.0 Å². The smallest absolute Gasteiger partial charge is 0.255 e. The third-order valence-corrected chi connectivity index (χ3v) is 3.48. The number of aromatic hydroxyl groups is 1. The largest absolute Gasteiger partial charge is 0.508 e. The number of sulfonamides is 1. The number of phenolic OH excluding ortho intramolecular Hbond substituents is 1. The van der Waals surface area contributed by atoms with Crippen molar-refractivity contribution >= 4 is 21.6 Å². The number of anilines is 1. The Labute approximate surface area is 115 Å². The summed E-state index contributed by atoms with van der Waals surface area (Å²) < 4.78 is 22.2. The number of nitrogens with one attached hydrogen (secondary N) is 1. The standard InChI is InChI=1S/C13H12N2O4S/c14-20(18,19)12-6-4-10(5-7-12)15-13(17)9-2-1-3-11(16)8-9/h1-8,16H,(H,15,17)(H2,14,18,19). The highest BCUT2D eigenvalue weighted by Crippen LogP contribution is 2.15. The van der Waals surface area contributed by atoms with Crippen LogP contribution >= 0.6 is 0 Å². The van der Waals surface area contributed by atoms with E-state index in [1.54, 1.807) is 12.1 Å². The number of benzene rings is 2. The molecule has 0 saturated heterocycles. The molecular weight excluding hydrogens is 280 g/mol. The molecule has 2 aromatic carbocycles. The van der Waals surface area contributed by atoms with Gasteiger partial charge in [0.1, 0.15) is 5.75 Å². The van der Waals surface area contributed by atoms with Crippen LogP contribution in [0.1, 0.15) is 10.4 Å². The van der Waals surface area contributed by atoms with E-state index < -0.39 is 15.9 Å². The maximum absolute atomic E-state index is 11.9. The van der Waals surface area contributed by atoms with E-state index in [1.807, 2.05) is 0 Å². The lowest BCUT2D eigenvalue weighted by molar-refractivity contribution is 0.102. The van der Waals surface area contributed by atoms with Crippen molar-refractivity contribution < 1.29 is 18.3 Å². The van der Waals surface area contributed by atoms with Crippen molar-refractivity contribution in [1.82, 2.24) is 0 Å². The Morgan fingerprint density at radius 1 is 1.10 bits per heavy atom. The van der Waals surface area contributed by atoms with Crippen LogP contribution in [0.3, 0.4) is 0 Å². The van der Waals surface area contributed by atoms with Gasteiger partial charge in [0.2, 0.25) is 10.0 Å². The average Bonchev–Trinajstić information content (AvgIpc) is 2.38. The zero-order valence-electron chi connectivity index (χ0n) is 10.3. The van der Waals surface area contributed by atoms with Gasteiger partial charge in [-0.05, 0) is 42.5 Å². The van der Waals surface area contributed by atoms with Crippen LogP contribution < -0.4 is 10.5 Å². The first-order chi connectivity index (χ1) is 9.36. The maximum Gasteiger partial charge on any atom is 0.255 e. The summed E-state index contributed by atoms with van der Waals surface area (Å²) in [6, 6.07) is 11.3. The Balaban J connectivity index is 2.16. The maximum atomic E-state index is 11.9. The predicted octanol–water partition coefficient (Wildman–Crippen LogP) is 1.29. The van der Waals surface area contributed by atoms with Crippen LogP contribution in [0.25, 0.3) is 0 Å². The van der Waals surface area contributed by atoms with Gasteiger partial charge in [-0.1, -0.05) is 6.07 Å². The Bertz CT molecular complexity index is 739. The van der Waals surface area contributed by atoms with Gasteiger partial charge in [0.15, 0.2) is 0 Å². The van der Waals surface area contributed by atoms with Crippen molar-refractivity contribution in [2.45, 2.75) is 4.90 Å². The third-order valence-electron chi connectivity index (χ3n) is 2.55. The number of carbonyl (C=O) groups excluding carboxylic acids is 1. The summed E-state index contributed by atoms with van der Waals surface area (Å²) in [4.78, 5) is 11.8. The fraction of sp³-hybridized carbons (Fsp3) is 0. The van der Waals surface area contributed by atoms with E-state index in [2.05, 4.69) is 5.32 Å². The van der Waals surface area contributed by atoms with Crippen LogP contribution in [-0.4, -0.2) is 19.4 Å². The highest BCUT2D eigenvalue weighted by atomic mass is 32.2. The van der Waals surface area contributed by atoms with Gasteiger partial charge in [-0.25, -0.2) is 13.6 Å². The number of primary sulfonamides is 1. The second kappa shape index (κ2) is 5.32. The molecule has 0 aliphatic heterocycles. The topological polar surface area (TPSA) is 109 Å². The summed E-state index contributed by atoms with van der Waals surface area (Å²) in [6.07, 6.45) is 0. The Morgan fingerprint density at radius 3 is 2.30 bits per heavy atom. The van der Waals surface area contributed by atoms with Crippen molar-refractivity contribution in [3.8, 4) is 5.75 Å². The number of carbonyl (C=O) groups is 1. The van der Waals surface area contributed by atoms with Crippen LogP contribution in [0.5, 0.6) is 5.75 Å². The minimum atomic E-state index is -3.75. The van der Waals surface area contributed by atoms with Gasteiger partial charge in [0, 0.05) is 11.3 Å². The molecule has 104 valence electrons. The van der Waals surface area contributed by atoms with Gasteiger partial charge in [0.25, 0.3) is 5.91 Å². The average molecular weight is 292 g/mol. The number of amides is 1. The van der Waals surface area contributed by atoms with E-state index in [0.29, 0.717) is 11.3 Å². The molecule has 0 aliphatic rings. The van der Waals surface area contributed by atoms with E-state index in [1.165, 1.54) is 36.4 Å². The minimum absolute atomic E-state index is 0.0118. The lowest BCUT2D eigenvalue weighted by Gasteiger charge is -2.06. The molecule has 20 heavy (non-hydrogen) atoms. The molecule has 0 bridgehead atoms. The zero-order valence-corrected chi connectivity index (χ0v) is 11.1. The number of nitrogens with two attached hydrogens (primary N) is 1. The molecule has 0 heterocycles. The molecule has 0 spiro atoms. The van der Waals surface area contributed by atoms with Gasteiger partial charge >= 0.3 is 0 Å². The Hall–Kier alpha value is -2.38. The highest BCUT2D eigenvalue weighted by Gasteiger charge is 2.09. The first-order valence-corrected chi connectivity index (χ1v) is 7.14. The van der Waals surface area contributed by atoms with Crippen molar-refractivity contribution in [1.29, 1.82) is 0 Å². The van der Waals surface area contributed by atoms with Gasteiger partial charge in [0.05, 0.1) is 4.90 Å². The van der Waals surface area contributed by atoms with Gasteiger partial charge in [-0.3, -0.25) is 4.79 Å². The summed E-state index contributed by atoms with van der Waals surface area (Å²) in [7, 11) is -3.75.